The molecule has 0 fully saturated rings. The summed E-state index contributed by atoms with van der Waals surface area (Å²) in [6, 6.07) is 11.4. The van der Waals surface area contributed by atoms with Crippen LogP contribution in [0.1, 0.15) is 226 Å². The van der Waals surface area contributed by atoms with E-state index in [1.54, 1.807) is 0 Å². The molecule has 0 saturated heterocycles. The number of fused-ring (bicyclic) bond motifs is 8. The zero-order valence-corrected chi connectivity index (χ0v) is 62.4. The smallest absolute Gasteiger partial charge is 0.241 e. The van der Waals surface area contributed by atoms with Gasteiger partial charge >= 0.3 is 0 Å². The standard InChI is InChI=1S/C76H124N20O8/c1-5-9-13-17-33-101-65-49-37-51-43-58(94-70(98)62(78)26-22-30-90-74(83)84)45-53(66(51)102-34-18-14-10-6-2)39-55-47-60(96-72(100)64(80)28-24-32-92-76(87)88)48-56(68(55)104-36-20-16-12-8-4)40-54-46-59(95-71(99)63(79)27-23-31-91-75(85)86)44-52(67(54)103-35-19-15-11-7-3)38-50(65)42-57(41-49)93-69(97)61(77)25-21-29-89-73(81)82/h41-48,61-64H,5-40,77-80H2,1-4H3,(H,93,97)(H,94,98)(H,95,99)(H,96,100)(H4,81,82,89)(H4,83,84,90)(H4,85,86,91)(H4,87,88,92)/t61-,62-,63-,64-/m0/s1. The van der Waals surface area contributed by atoms with Gasteiger partial charge in [-0.2, -0.15) is 0 Å². The summed E-state index contributed by atoms with van der Waals surface area (Å²) < 4.78 is 28.7. The van der Waals surface area contributed by atoms with Gasteiger partial charge in [0.15, 0.2) is 23.8 Å². The molecule has 576 valence electrons. The van der Waals surface area contributed by atoms with E-state index in [2.05, 4.69) is 68.9 Å². The van der Waals surface area contributed by atoms with Gasteiger partial charge in [0.05, 0.1) is 50.6 Å². The van der Waals surface area contributed by atoms with Gasteiger partial charge in [0.2, 0.25) is 23.6 Å². The topological polar surface area (TPSA) is 515 Å². The summed E-state index contributed by atoms with van der Waals surface area (Å²) >= 11 is 0. The Kier molecular flexibility index (Phi) is 38.9. The van der Waals surface area contributed by atoms with Gasteiger partial charge in [-0.15, -0.1) is 0 Å². The summed E-state index contributed by atoms with van der Waals surface area (Å²) in [7, 11) is 0. The number of hydrogen-bond acceptors (Lipinski definition) is 16. The lowest BCUT2D eigenvalue weighted by atomic mass is 9.90. The summed E-state index contributed by atoms with van der Waals surface area (Å²) in [4.78, 5) is 74.4. The molecule has 8 bridgehead atoms. The van der Waals surface area contributed by atoms with Crippen molar-refractivity contribution in [2.24, 2.45) is 88.8 Å². The van der Waals surface area contributed by atoms with Crippen LogP contribution in [-0.4, -0.2) is 124 Å². The molecule has 0 saturated carbocycles. The van der Waals surface area contributed by atoms with Crippen molar-refractivity contribution in [1.29, 1.82) is 0 Å². The first-order chi connectivity index (χ1) is 50.0. The van der Waals surface area contributed by atoms with Gasteiger partial charge in [-0.1, -0.05) is 105 Å². The molecule has 4 aromatic carbocycles. The number of hydrogen-bond donors (Lipinski definition) is 16. The van der Waals surface area contributed by atoms with E-state index in [0.29, 0.717) is 142 Å². The molecular formula is C76H124N20O8. The van der Waals surface area contributed by atoms with E-state index >= 15 is 0 Å². The average molecular weight is 1450 g/mol. The van der Waals surface area contributed by atoms with Crippen LogP contribution in [0.25, 0.3) is 0 Å². The summed E-state index contributed by atoms with van der Waals surface area (Å²) in [5, 5.41) is 12.7. The summed E-state index contributed by atoms with van der Waals surface area (Å²) in [5.41, 5.74) is 78.9. The van der Waals surface area contributed by atoms with Crippen molar-refractivity contribution in [3.05, 3.63) is 93.0 Å². The van der Waals surface area contributed by atoms with Crippen LogP contribution >= 0.6 is 0 Å². The Morgan fingerprint density at radius 2 is 0.490 bits per heavy atom. The molecule has 0 spiro atoms. The van der Waals surface area contributed by atoms with E-state index in [0.717, 1.165) is 103 Å². The number of anilines is 4. The lowest BCUT2D eigenvalue weighted by molar-refractivity contribution is -0.118. The van der Waals surface area contributed by atoms with Crippen LogP contribution in [-0.2, 0) is 44.9 Å². The van der Waals surface area contributed by atoms with Crippen molar-refractivity contribution in [3.8, 4) is 23.0 Å². The Labute approximate surface area is 616 Å². The molecule has 0 radical (unpaired) electrons. The van der Waals surface area contributed by atoms with Crippen LogP contribution in [0.15, 0.2) is 68.5 Å². The quantitative estimate of drug-likeness (QED) is 0.0102. The van der Waals surface area contributed by atoms with E-state index in [9.17, 15) is 19.2 Å². The predicted octanol–water partition coefficient (Wildman–Crippen LogP) is 7.48. The second-order valence-corrected chi connectivity index (χ2v) is 27.0. The Hall–Kier alpha value is -9.12. The van der Waals surface area contributed by atoms with Crippen molar-refractivity contribution in [2.45, 2.75) is 232 Å². The van der Waals surface area contributed by atoms with Crippen LogP contribution in [0.2, 0.25) is 0 Å². The Morgan fingerprint density at radius 3 is 0.654 bits per heavy atom. The highest BCUT2D eigenvalue weighted by Gasteiger charge is 2.28. The second kappa shape index (κ2) is 47.3. The summed E-state index contributed by atoms with van der Waals surface area (Å²) in [5.74, 6) is 0.177. The number of nitrogens with one attached hydrogen (secondary N) is 4. The highest BCUT2D eigenvalue weighted by Crippen LogP contribution is 2.43. The van der Waals surface area contributed by atoms with Crippen LogP contribution in [0.4, 0.5) is 22.7 Å². The SMILES string of the molecule is CCCCCCOc1c2cc(NC(=O)[C@@H](N)CCCN=C(N)N)cc1Cc1cc(NC(=O)[C@@H](N)CCCN=C(N)N)cc(c1OCCCCCC)Cc1cc(NC(=O)[C@@H](N)CCCN=C(N)N)cc(c1OCCCCCC)Cc1cc(NC(=O)[C@@H](N)CCCN=C(N)N)cc(c1OCCCCCC)C2. The first-order valence-corrected chi connectivity index (χ1v) is 37.7. The number of unbranched alkanes of at least 4 members (excludes halogenated alkanes) is 12. The van der Waals surface area contributed by atoms with Crippen molar-refractivity contribution in [1.82, 2.24) is 0 Å². The fraction of sp³-hybridized carbons (Fsp3) is 0.579. The molecule has 4 aromatic rings. The molecule has 1 aliphatic carbocycles. The van der Waals surface area contributed by atoms with Gasteiger partial charge in [-0.3, -0.25) is 39.1 Å². The molecule has 28 N–H and O–H groups in total. The number of guanidine groups is 4. The minimum atomic E-state index is -0.951. The maximum absolute atomic E-state index is 14.5. The van der Waals surface area contributed by atoms with Crippen molar-refractivity contribution < 1.29 is 38.1 Å². The lowest BCUT2D eigenvalue weighted by Gasteiger charge is -2.25. The predicted molar refractivity (Wildman–Crippen MR) is 422 cm³/mol. The Morgan fingerprint density at radius 1 is 0.308 bits per heavy atom. The third-order valence-electron chi connectivity index (χ3n) is 17.8. The first kappa shape index (κ1) is 85.5. The fourth-order valence-electron chi connectivity index (χ4n) is 12.3. The molecule has 4 atom stereocenters. The number of amides is 4. The first-order valence-electron chi connectivity index (χ1n) is 37.7. The van der Waals surface area contributed by atoms with Gasteiger partial charge in [-0.25, -0.2) is 0 Å². The van der Waals surface area contributed by atoms with E-state index in [-0.39, 0.29) is 101 Å². The molecule has 28 nitrogen and oxygen atoms in total. The van der Waals surface area contributed by atoms with E-state index in [4.69, 9.17) is 87.8 Å². The van der Waals surface area contributed by atoms with E-state index in [1.165, 1.54) is 0 Å². The second-order valence-electron chi connectivity index (χ2n) is 27.0. The van der Waals surface area contributed by atoms with Gasteiger partial charge in [-0.05, 0) is 126 Å². The molecule has 28 heteroatoms. The number of carbonyl (C=O) groups is 4. The van der Waals surface area contributed by atoms with Crippen molar-refractivity contribution in [2.75, 3.05) is 73.9 Å². The third-order valence-corrected chi connectivity index (χ3v) is 17.8. The van der Waals surface area contributed by atoms with Crippen LogP contribution in [0.5, 0.6) is 23.0 Å². The minimum Gasteiger partial charge on any atom is -0.493 e. The van der Waals surface area contributed by atoms with E-state index in [1.807, 2.05) is 48.5 Å². The number of nitrogens with two attached hydrogens (primary N) is 12. The maximum Gasteiger partial charge on any atom is 0.241 e. The molecular weight excluding hydrogens is 1320 g/mol. The van der Waals surface area contributed by atoms with Gasteiger partial charge < -0.3 is 109 Å². The average Bonchev–Trinajstić information content (AvgIpc) is 0.773. The molecule has 5 rings (SSSR count). The summed E-state index contributed by atoms with van der Waals surface area (Å²) in [6.07, 6.45) is 18.0. The monoisotopic (exact) mass is 1440 g/mol. The van der Waals surface area contributed by atoms with Gasteiger partial charge in [0.25, 0.3) is 0 Å². The molecule has 0 heterocycles. The molecule has 104 heavy (non-hydrogen) atoms. The zero-order chi connectivity index (χ0) is 75.8. The van der Waals surface area contributed by atoms with Crippen molar-refractivity contribution in [3.63, 3.8) is 0 Å². The number of ether oxygens (including phenoxy) is 4. The summed E-state index contributed by atoms with van der Waals surface area (Å²) in [6.45, 7) is 11.1. The molecule has 0 unspecified atom stereocenters. The normalized spacial score (nSPS) is 12.8. The Balaban J connectivity index is 2.00. The number of aliphatic imine (C=N–C) groups is 4. The molecule has 4 amide bonds. The number of benzene rings is 4. The van der Waals surface area contributed by atoms with Gasteiger partial charge in [0, 0.05) is 119 Å². The van der Waals surface area contributed by atoms with Crippen LogP contribution < -0.4 is 109 Å². The third kappa shape index (κ3) is 31.1. The lowest BCUT2D eigenvalue weighted by Crippen LogP contribution is -2.36. The number of rotatable bonds is 48. The number of carbonyl (C=O) groups excluding carboxylic acids is 4. The maximum atomic E-state index is 14.5. The molecule has 0 aliphatic heterocycles. The fourth-order valence-corrected chi connectivity index (χ4v) is 12.3. The van der Waals surface area contributed by atoms with Crippen molar-refractivity contribution >= 4 is 70.2 Å². The van der Waals surface area contributed by atoms with Gasteiger partial charge in [0.1, 0.15) is 23.0 Å². The molecule has 0 aromatic heterocycles. The highest BCUT2D eigenvalue weighted by atomic mass is 16.5. The number of nitrogens with zero attached hydrogens (tertiary/aromatic N) is 4. The van der Waals surface area contributed by atoms with E-state index < -0.39 is 47.8 Å². The van der Waals surface area contributed by atoms with Crippen LogP contribution in [0, 0.1) is 0 Å². The Bertz CT molecular complexity index is 2920. The zero-order valence-electron chi connectivity index (χ0n) is 62.4. The minimum absolute atomic E-state index is 0.0618. The largest absolute Gasteiger partial charge is 0.493 e. The highest BCUT2D eigenvalue weighted by molar-refractivity contribution is 5.97. The molecule has 1 aliphatic rings. The van der Waals surface area contributed by atoms with Crippen LogP contribution in [0.3, 0.4) is 0 Å².